The van der Waals surface area contributed by atoms with Gasteiger partial charge in [-0.1, -0.05) is 6.07 Å². The van der Waals surface area contributed by atoms with Crippen LogP contribution >= 0.6 is 22.6 Å². The fraction of sp³-hybridized carbons (Fsp3) is 0.143. The van der Waals surface area contributed by atoms with Crippen LogP contribution in [-0.2, 0) is 6.18 Å². The Hall–Kier alpha value is -1.44. The lowest BCUT2D eigenvalue weighted by molar-refractivity contribution is -0.138. The number of nitrogens with two attached hydrogens (primary N) is 1. The summed E-state index contributed by atoms with van der Waals surface area (Å²) in [5.41, 5.74) is 6.81. The molecule has 2 rings (SSSR count). The van der Waals surface area contributed by atoms with Crippen LogP contribution in [0.2, 0.25) is 0 Å². The van der Waals surface area contributed by atoms with E-state index in [1.165, 1.54) is 13.0 Å². The number of anilines is 3. The first kappa shape index (κ1) is 15.0. The van der Waals surface area contributed by atoms with Gasteiger partial charge < -0.3 is 11.1 Å². The average molecular weight is 392 g/mol. The maximum absolute atomic E-state index is 12.8. The highest BCUT2D eigenvalue weighted by Gasteiger charge is 2.32. The minimum Gasteiger partial charge on any atom is -0.397 e. The zero-order chi connectivity index (χ0) is 14.9. The van der Waals surface area contributed by atoms with Crippen LogP contribution in [0.5, 0.6) is 0 Å². The topological polar surface area (TPSA) is 38.0 Å². The third kappa shape index (κ3) is 3.36. The fourth-order valence-corrected chi connectivity index (χ4v) is 2.32. The SMILES string of the molecule is Cc1ccc(Nc2ccc(I)cc2N)cc1C(F)(F)F. The summed E-state index contributed by atoms with van der Waals surface area (Å²) >= 11 is 2.12. The monoisotopic (exact) mass is 392 g/mol. The fourth-order valence-electron chi connectivity index (χ4n) is 1.81. The third-order valence-corrected chi connectivity index (χ3v) is 3.51. The Kier molecular flexibility index (Phi) is 4.12. The first-order valence-electron chi connectivity index (χ1n) is 5.77. The Morgan fingerprint density at radius 3 is 2.40 bits per heavy atom. The lowest BCUT2D eigenvalue weighted by atomic mass is 10.1. The van der Waals surface area contributed by atoms with Crippen LogP contribution in [0.25, 0.3) is 0 Å². The molecule has 0 aliphatic heterocycles. The van der Waals surface area contributed by atoms with Crippen molar-refractivity contribution < 1.29 is 13.2 Å². The predicted octanol–water partition coefficient (Wildman–Crippen LogP) is 4.94. The number of alkyl halides is 3. The highest BCUT2D eigenvalue weighted by atomic mass is 127. The maximum Gasteiger partial charge on any atom is 0.416 e. The zero-order valence-electron chi connectivity index (χ0n) is 10.6. The molecule has 2 nitrogen and oxygen atoms in total. The number of hydrogen-bond donors (Lipinski definition) is 2. The minimum absolute atomic E-state index is 0.193. The van der Waals surface area contributed by atoms with E-state index in [4.69, 9.17) is 5.73 Å². The quantitative estimate of drug-likeness (QED) is 0.561. The van der Waals surface area contributed by atoms with E-state index < -0.39 is 11.7 Å². The Balaban J connectivity index is 2.35. The third-order valence-electron chi connectivity index (χ3n) is 2.84. The van der Waals surface area contributed by atoms with E-state index in [-0.39, 0.29) is 5.56 Å². The Morgan fingerprint density at radius 2 is 1.80 bits per heavy atom. The summed E-state index contributed by atoms with van der Waals surface area (Å²) in [6.07, 6.45) is -4.36. The van der Waals surface area contributed by atoms with Crippen molar-refractivity contribution >= 4 is 39.7 Å². The van der Waals surface area contributed by atoms with E-state index in [9.17, 15) is 13.2 Å². The molecule has 0 spiro atoms. The van der Waals surface area contributed by atoms with Crippen molar-refractivity contribution in [3.63, 3.8) is 0 Å². The molecule has 2 aromatic rings. The number of nitrogens with one attached hydrogen (secondary N) is 1. The van der Waals surface area contributed by atoms with Gasteiger partial charge in [0.05, 0.1) is 16.9 Å². The molecular weight excluding hydrogens is 380 g/mol. The molecule has 0 fully saturated rings. The molecule has 0 radical (unpaired) electrons. The summed E-state index contributed by atoms with van der Waals surface area (Å²) < 4.78 is 39.5. The highest BCUT2D eigenvalue weighted by molar-refractivity contribution is 14.1. The molecule has 0 aliphatic rings. The van der Waals surface area contributed by atoms with Gasteiger partial charge in [-0.15, -0.1) is 0 Å². The number of aryl methyl sites for hydroxylation is 1. The second kappa shape index (κ2) is 5.51. The van der Waals surface area contributed by atoms with Gasteiger partial charge in [-0.2, -0.15) is 13.2 Å². The van der Waals surface area contributed by atoms with Gasteiger partial charge in [0.2, 0.25) is 0 Å². The van der Waals surface area contributed by atoms with Gasteiger partial charge in [0.15, 0.2) is 0 Å². The van der Waals surface area contributed by atoms with Crippen LogP contribution < -0.4 is 11.1 Å². The van der Waals surface area contributed by atoms with Crippen LogP contribution in [-0.4, -0.2) is 0 Å². The van der Waals surface area contributed by atoms with E-state index in [2.05, 4.69) is 27.9 Å². The lowest BCUT2D eigenvalue weighted by Gasteiger charge is -2.14. The normalized spacial score (nSPS) is 11.4. The Morgan fingerprint density at radius 1 is 1.10 bits per heavy atom. The Bertz CT molecular complexity index is 639. The molecule has 0 aliphatic carbocycles. The molecular formula is C14H12F3IN2. The second-order valence-corrected chi connectivity index (χ2v) is 5.63. The summed E-state index contributed by atoms with van der Waals surface area (Å²) in [7, 11) is 0. The molecule has 0 saturated carbocycles. The van der Waals surface area contributed by atoms with Gasteiger partial charge in [-0.3, -0.25) is 0 Å². The van der Waals surface area contributed by atoms with Crippen molar-refractivity contribution in [3.8, 4) is 0 Å². The van der Waals surface area contributed by atoms with E-state index in [0.29, 0.717) is 17.1 Å². The van der Waals surface area contributed by atoms with Crippen molar-refractivity contribution in [2.45, 2.75) is 13.1 Å². The molecule has 0 saturated heterocycles. The number of rotatable bonds is 2. The molecule has 2 aromatic carbocycles. The molecule has 0 atom stereocenters. The van der Waals surface area contributed by atoms with Gasteiger partial charge in [-0.25, -0.2) is 0 Å². The van der Waals surface area contributed by atoms with E-state index in [1.54, 1.807) is 18.2 Å². The summed E-state index contributed by atoms with van der Waals surface area (Å²) in [5, 5.41) is 2.91. The van der Waals surface area contributed by atoms with E-state index in [0.717, 1.165) is 9.64 Å². The molecule has 0 heterocycles. The van der Waals surface area contributed by atoms with Gasteiger partial charge in [0.1, 0.15) is 0 Å². The molecule has 20 heavy (non-hydrogen) atoms. The molecule has 3 N–H and O–H groups in total. The van der Waals surface area contributed by atoms with Crippen LogP contribution in [0.4, 0.5) is 30.2 Å². The molecule has 0 aromatic heterocycles. The van der Waals surface area contributed by atoms with Crippen molar-refractivity contribution in [3.05, 3.63) is 51.1 Å². The lowest BCUT2D eigenvalue weighted by Crippen LogP contribution is -2.08. The molecule has 0 bridgehead atoms. The van der Waals surface area contributed by atoms with Crippen molar-refractivity contribution in [1.82, 2.24) is 0 Å². The molecule has 0 amide bonds. The second-order valence-electron chi connectivity index (χ2n) is 4.38. The van der Waals surface area contributed by atoms with Crippen LogP contribution in [0.3, 0.4) is 0 Å². The van der Waals surface area contributed by atoms with Crippen molar-refractivity contribution in [2.75, 3.05) is 11.1 Å². The summed E-state index contributed by atoms with van der Waals surface area (Å²) in [5.74, 6) is 0. The van der Waals surface area contributed by atoms with Crippen molar-refractivity contribution in [2.24, 2.45) is 0 Å². The number of halogens is 4. The first-order chi connectivity index (χ1) is 9.27. The average Bonchev–Trinajstić information content (AvgIpc) is 2.33. The van der Waals surface area contributed by atoms with Crippen LogP contribution in [0.15, 0.2) is 36.4 Å². The molecule has 106 valence electrons. The number of hydrogen-bond acceptors (Lipinski definition) is 2. The van der Waals surface area contributed by atoms with Crippen LogP contribution in [0.1, 0.15) is 11.1 Å². The largest absolute Gasteiger partial charge is 0.416 e. The highest BCUT2D eigenvalue weighted by Crippen LogP contribution is 2.34. The summed E-state index contributed by atoms with van der Waals surface area (Å²) in [6.45, 7) is 1.44. The zero-order valence-corrected chi connectivity index (χ0v) is 12.7. The van der Waals surface area contributed by atoms with Gasteiger partial charge in [0, 0.05) is 9.26 Å². The molecule has 0 unspecified atom stereocenters. The summed E-state index contributed by atoms with van der Waals surface area (Å²) in [6, 6.07) is 9.45. The van der Waals surface area contributed by atoms with Gasteiger partial charge >= 0.3 is 6.18 Å². The maximum atomic E-state index is 12.8. The first-order valence-corrected chi connectivity index (χ1v) is 6.85. The predicted molar refractivity (Wildman–Crippen MR) is 83.0 cm³/mol. The van der Waals surface area contributed by atoms with Gasteiger partial charge in [0.25, 0.3) is 0 Å². The van der Waals surface area contributed by atoms with Gasteiger partial charge in [-0.05, 0) is 65.4 Å². The van der Waals surface area contributed by atoms with E-state index in [1.807, 2.05) is 6.07 Å². The number of nitrogen functional groups attached to an aromatic ring is 1. The molecule has 6 heteroatoms. The van der Waals surface area contributed by atoms with Crippen molar-refractivity contribution in [1.29, 1.82) is 0 Å². The van der Waals surface area contributed by atoms with Crippen LogP contribution in [0, 0.1) is 10.5 Å². The number of benzene rings is 2. The summed E-state index contributed by atoms with van der Waals surface area (Å²) in [4.78, 5) is 0. The Labute approximate surface area is 128 Å². The minimum atomic E-state index is -4.36. The standard InChI is InChI=1S/C14H12F3IN2/c1-8-2-4-10(7-11(8)14(15,16)17)20-13-5-3-9(18)6-12(13)19/h2-7,20H,19H2,1H3. The smallest absolute Gasteiger partial charge is 0.397 e. The van der Waals surface area contributed by atoms with E-state index >= 15 is 0 Å².